The molecule has 0 aromatic rings. The van der Waals surface area contributed by atoms with Gasteiger partial charge in [-0.3, -0.25) is 4.90 Å². The first-order chi connectivity index (χ1) is 8.78. The van der Waals surface area contributed by atoms with Crippen LogP contribution in [0.2, 0.25) is 0 Å². The van der Waals surface area contributed by atoms with Crippen molar-refractivity contribution in [2.24, 2.45) is 0 Å². The van der Waals surface area contributed by atoms with Crippen LogP contribution in [-0.2, 0) is 14.3 Å². The van der Waals surface area contributed by atoms with Gasteiger partial charge < -0.3 is 9.47 Å². The van der Waals surface area contributed by atoms with Crippen molar-refractivity contribution < 1.29 is 19.1 Å². The Morgan fingerprint density at radius 1 is 1.47 bits per heavy atom. The van der Waals surface area contributed by atoms with Gasteiger partial charge in [-0.25, -0.2) is 9.59 Å². The predicted octanol–water partition coefficient (Wildman–Crippen LogP) is 1.62. The zero-order valence-corrected chi connectivity index (χ0v) is 11.6. The summed E-state index contributed by atoms with van der Waals surface area (Å²) in [5, 5.41) is 8.64. The third-order valence-electron chi connectivity index (χ3n) is 2.58. The van der Waals surface area contributed by atoms with Crippen molar-refractivity contribution in [1.29, 1.82) is 5.26 Å². The van der Waals surface area contributed by atoms with Crippen LogP contribution >= 0.6 is 0 Å². The minimum atomic E-state index is -0.723. The molecule has 0 aliphatic carbocycles. The van der Waals surface area contributed by atoms with Gasteiger partial charge in [0, 0.05) is 19.0 Å². The number of amides is 1. The van der Waals surface area contributed by atoms with Crippen molar-refractivity contribution in [3.8, 4) is 6.07 Å². The van der Waals surface area contributed by atoms with E-state index in [0.29, 0.717) is 12.0 Å². The molecule has 6 heteroatoms. The third kappa shape index (κ3) is 3.98. The molecule has 1 saturated heterocycles. The number of hydrogen-bond donors (Lipinski definition) is 0. The lowest BCUT2D eigenvalue weighted by Crippen LogP contribution is -2.43. The molecule has 0 saturated carbocycles. The van der Waals surface area contributed by atoms with Gasteiger partial charge in [-0.15, -0.1) is 0 Å². The van der Waals surface area contributed by atoms with Gasteiger partial charge in [0.05, 0.1) is 13.2 Å². The molecule has 0 radical (unpaired) electrons. The minimum Gasteiger partial charge on any atom is -0.467 e. The quantitative estimate of drug-likeness (QED) is 0.532. The van der Waals surface area contributed by atoms with Crippen LogP contribution in [0.3, 0.4) is 0 Å². The normalized spacial score (nSPS) is 21.1. The minimum absolute atomic E-state index is 0.211. The standard InChI is InChI=1S/C13H18N2O4/c1-13(2,3)19-12(17)15-8-9(5-6-14)7-10(15)11(16)18-4/h5,10H,7-8H2,1-4H3/b9-5-/t10-/m0/s1. The van der Waals surface area contributed by atoms with Gasteiger partial charge in [0.2, 0.25) is 0 Å². The van der Waals surface area contributed by atoms with E-state index in [1.54, 1.807) is 20.8 Å². The van der Waals surface area contributed by atoms with E-state index in [9.17, 15) is 9.59 Å². The number of rotatable bonds is 1. The van der Waals surface area contributed by atoms with Gasteiger partial charge >= 0.3 is 12.1 Å². The number of allylic oxidation sites excluding steroid dienone is 1. The molecule has 1 aliphatic heterocycles. The summed E-state index contributed by atoms with van der Waals surface area (Å²) < 4.78 is 9.91. The van der Waals surface area contributed by atoms with E-state index < -0.39 is 23.7 Å². The summed E-state index contributed by atoms with van der Waals surface area (Å²) in [5.74, 6) is -0.507. The third-order valence-corrected chi connectivity index (χ3v) is 2.58. The molecule has 1 heterocycles. The van der Waals surface area contributed by atoms with Crippen LogP contribution in [0.15, 0.2) is 11.6 Å². The molecule has 1 aliphatic rings. The molecule has 1 rings (SSSR count). The van der Waals surface area contributed by atoms with Crippen LogP contribution in [0, 0.1) is 11.3 Å². The van der Waals surface area contributed by atoms with E-state index in [-0.39, 0.29) is 6.54 Å². The summed E-state index contributed by atoms with van der Waals surface area (Å²) >= 11 is 0. The Bertz CT molecular complexity index is 443. The van der Waals surface area contributed by atoms with Crippen molar-refractivity contribution >= 4 is 12.1 Å². The molecular formula is C13H18N2O4. The van der Waals surface area contributed by atoms with Gasteiger partial charge in [-0.05, 0) is 26.3 Å². The van der Waals surface area contributed by atoms with Gasteiger partial charge in [0.25, 0.3) is 0 Å². The summed E-state index contributed by atoms with van der Waals surface area (Å²) in [7, 11) is 1.27. The second-order valence-corrected chi connectivity index (χ2v) is 5.28. The number of likely N-dealkylation sites (tertiary alicyclic amines) is 1. The first-order valence-corrected chi connectivity index (χ1v) is 5.93. The van der Waals surface area contributed by atoms with E-state index in [0.717, 1.165) is 0 Å². The first kappa shape index (κ1) is 15.0. The van der Waals surface area contributed by atoms with Gasteiger partial charge in [-0.1, -0.05) is 0 Å². The Morgan fingerprint density at radius 2 is 2.11 bits per heavy atom. The lowest BCUT2D eigenvalue weighted by molar-refractivity contribution is -0.145. The molecule has 19 heavy (non-hydrogen) atoms. The highest BCUT2D eigenvalue weighted by molar-refractivity contribution is 5.83. The number of hydrogen-bond acceptors (Lipinski definition) is 5. The highest BCUT2D eigenvalue weighted by Gasteiger charge is 2.39. The summed E-state index contributed by atoms with van der Waals surface area (Å²) in [6.45, 7) is 5.46. The first-order valence-electron chi connectivity index (χ1n) is 5.93. The maximum atomic E-state index is 12.0. The van der Waals surface area contributed by atoms with Crippen LogP contribution in [-0.4, -0.2) is 42.3 Å². The summed E-state index contributed by atoms with van der Waals surface area (Å²) in [4.78, 5) is 25.0. The molecular weight excluding hydrogens is 248 g/mol. The largest absolute Gasteiger partial charge is 0.467 e. The molecule has 0 spiro atoms. The molecule has 0 aromatic carbocycles. The summed E-state index contributed by atoms with van der Waals surface area (Å²) in [6.07, 6.45) is 1.07. The molecule has 104 valence electrons. The lowest BCUT2D eigenvalue weighted by atomic mass is 10.1. The maximum absolute atomic E-state index is 12.0. The number of methoxy groups -OCH3 is 1. The molecule has 1 fully saturated rings. The molecule has 1 atom stereocenters. The van der Waals surface area contributed by atoms with Crippen molar-refractivity contribution in [2.75, 3.05) is 13.7 Å². The zero-order valence-electron chi connectivity index (χ0n) is 11.6. The average Bonchev–Trinajstić information content (AvgIpc) is 2.70. The Balaban J connectivity index is 2.89. The second-order valence-electron chi connectivity index (χ2n) is 5.28. The van der Waals surface area contributed by atoms with Crippen LogP contribution in [0.4, 0.5) is 4.79 Å². The molecule has 6 nitrogen and oxygen atoms in total. The Hall–Kier alpha value is -2.03. The molecule has 0 N–H and O–H groups in total. The lowest BCUT2D eigenvalue weighted by Gasteiger charge is -2.27. The monoisotopic (exact) mass is 266 g/mol. The van der Waals surface area contributed by atoms with Crippen molar-refractivity contribution in [2.45, 2.75) is 38.8 Å². The highest BCUT2D eigenvalue weighted by atomic mass is 16.6. The smallest absolute Gasteiger partial charge is 0.411 e. The fraction of sp³-hybridized carbons (Fsp3) is 0.615. The van der Waals surface area contributed by atoms with E-state index in [1.165, 1.54) is 18.1 Å². The Labute approximate surface area is 112 Å². The summed E-state index contributed by atoms with van der Waals surface area (Å²) in [5.41, 5.74) is 0.0724. The van der Waals surface area contributed by atoms with E-state index in [2.05, 4.69) is 4.74 Å². The van der Waals surface area contributed by atoms with Crippen LogP contribution in [0.1, 0.15) is 27.2 Å². The van der Waals surface area contributed by atoms with Crippen molar-refractivity contribution in [3.63, 3.8) is 0 Å². The fourth-order valence-corrected chi connectivity index (χ4v) is 1.81. The topological polar surface area (TPSA) is 79.6 Å². The van der Waals surface area contributed by atoms with Gasteiger partial charge in [-0.2, -0.15) is 5.26 Å². The number of ether oxygens (including phenoxy) is 2. The SMILES string of the molecule is COC(=O)[C@@H]1C/C(=C/C#N)CN1C(=O)OC(C)(C)C. The number of nitriles is 1. The molecule has 1 amide bonds. The van der Waals surface area contributed by atoms with Crippen LogP contribution < -0.4 is 0 Å². The van der Waals surface area contributed by atoms with Gasteiger partial charge in [0.15, 0.2) is 0 Å². The van der Waals surface area contributed by atoms with E-state index >= 15 is 0 Å². The van der Waals surface area contributed by atoms with Crippen molar-refractivity contribution in [1.82, 2.24) is 4.90 Å². The second kappa shape index (κ2) is 5.74. The predicted molar refractivity (Wildman–Crippen MR) is 67.1 cm³/mol. The molecule has 0 unspecified atom stereocenters. The number of esters is 1. The number of nitrogens with zero attached hydrogens (tertiary/aromatic N) is 2. The Kier molecular flexibility index (Phi) is 4.54. The molecule has 0 aromatic heterocycles. The number of carbonyl (C=O) groups is 2. The zero-order chi connectivity index (χ0) is 14.6. The Morgan fingerprint density at radius 3 is 2.58 bits per heavy atom. The van der Waals surface area contributed by atoms with E-state index in [4.69, 9.17) is 10.00 Å². The van der Waals surface area contributed by atoms with Crippen molar-refractivity contribution in [3.05, 3.63) is 11.6 Å². The van der Waals surface area contributed by atoms with Crippen LogP contribution in [0.5, 0.6) is 0 Å². The highest BCUT2D eigenvalue weighted by Crippen LogP contribution is 2.25. The fourth-order valence-electron chi connectivity index (χ4n) is 1.81. The summed E-state index contributed by atoms with van der Waals surface area (Å²) in [6, 6.07) is 1.18. The maximum Gasteiger partial charge on any atom is 0.411 e. The average molecular weight is 266 g/mol. The molecule has 0 bridgehead atoms. The van der Waals surface area contributed by atoms with E-state index in [1.807, 2.05) is 6.07 Å². The van der Waals surface area contributed by atoms with Crippen LogP contribution in [0.25, 0.3) is 0 Å². The van der Waals surface area contributed by atoms with Gasteiger partial charge in [0.1, 0.15) is 11.6 Å². The number of carbonyl (C=O) groups excluding carboxylic acids is 2.